The SMILES string of the molecule is CCC(O)(I)[N+](C)(C)C. The van der Waals surface area contributed by atoms with Gasteiger partial charge in [-0.2, -0.15) is 0 Å². The second-order valence-corrected chi connectivity index (χ2v) is 4.81. The van der Waals surface area contributed by atoms with E-state index in [9.17, 15) is 5.11 Å². The maximum atomic E-state index is 9.62. The summed E-state index contributed by atoms with van der Waals surface area (Å²) in [4.78, 5) is 0. The Morgan fingerprint density at radius 3 is 1.78 bits per heavy atom. The normalized spacial score (nSPS) is 19.3. The van der Waals surface area contributed by atoms with E-state index in [2.05, 4.69) is 22.6 Å². The van der Waals surface area contributed by atoms with Gasteiger partial charge in [-0.05, 0) is 0 Å². The number of aliphatic hydroxyl groups is 1. The highest BCUT2D eigenvalue weighted by molar-refractivity contribution is 14.1. The summed E-state index contributed by atoms with van der Waals surface area (Å²) < 4.78 is -0.0260. The monoisotopic (exact) mass is 244 g/mol. The minimum absolute atomic E-state index is 0.587. The Bertz CT molecular complexity index is 95.7. The van der Waals surface area contributed by atoms with Crippen LogP contribution >= 0.6 is 22.6 Å². The van der Waals surface area contributed by atoms with Crippen LogP contribution in [0.15, 0.2) is 0 Å². The van der Waals surface area contributed by atoms with Crippen molar-refractivity contribution in [2.75, 3.05) is 21.1 Å². The van der Waals surface area contributed by atoms with E-state index < -0.39 is 3.73 Å². The highest BCUT2D eigenvalue weighted by Crippen LogP contribution is 2.26. The Kier molecular flexibility index (Phi) is 2.91. The van der Waals surface area contributed by atoms with E-state index in [0.29, 0.717) is 4.48 Å². The third-order valence-electron chi connectivity index (χ3n) is 1.48. The lowest BCUT2D eigenvalue weighted by molar-refractivity contribution is -0.925. The van der Waals surface area contributed by atoms with E-state index in [1.54, 1.807) is 0 Å². The van der Waals surface area contributed by atoms with Gasteiger partial charge in [0.25, 0.3) is 3.73 Å². The van der Waals surface area contributed by atoms with Crippen molar-refractivity contribution < 1.29 is 9.59 Å². The predicted octanol–water partition coefficient (Wildman–Crippen LogP) is 1.18. The summed E-state index contributed by atoms with van der Waals surface area (Å²) in [5.74, 6) is 0. The molecule has 56 valence electrons. The minimum Gasteiger partial charge on any atom is -0.334 e. The molecule has 0 saturated heterocycles. The summed E-state index contributed by atoms with van der Waals surface area (Å²) in [6.45, 7) is 1.98. The van der Waals surface area contributed by atoms with Gasteiger partial charge in [0.2, 0.25) is 0 Å². The van der Waals surface area contributed by atoms with E-state index in [1.165, 1.54) is 0 Å². The quantitative estimate of drug-likeness (QED) is 0.254. The van der Waals surface area contributed by atoms with Gasteiger partial charge < -0.3 is 5.11 Å². The zero-order valence-corrected chi connectivity index (χ0v) is 8.64. The lowest BCUT2D eigenvalue weighted by Gasteiger charge is -2.36. The molecule has 0 aromatic heterocycles. The molecule has 0 rings (SSSR count). The summed E-state index contributed by atoms with van der Waals surface area (Å²) in [5.41, 5.74) is 0. The van der Waals surface area contributed by atoms with Crippen LogP contribution in [0.5, 0.6) is 0 Å². The fourth-order valence-corrected chi connectivity index (χ4v) is 0.474. The fraction of sp³-hybridized carbons (Fsp3) is 1.00. The molecule has 0 aromatic carbocycles. The standard InChI is InChI=1S/C6H15INO/c1-5-6(7,9)8(2,3)4/h9H,5H2,1-4H3/q+1. The molecule has 0 aliphatic carbocycles. The first-order valence-corrected chi connectivity index (χ1v) is 4.12. The van der Waals surface area contributed by atoms with Crippen molar-refractivity contribution >= 4 is 22.6 Å². The lowest BCUT2D eigenvalue weighted by Crippen LogP contribution is -2.52. The smallest absolute Gasteiger partial charge is 0.250 e. The Morgan fingerprint density at radius 2 is 1.78 bits per heavy atom. The number of hydrogen-bond donors (Lipinski definition) is 1. The van der Waals surface area contributed by atoms with Gasteiger partial charge in [-0.3, -0.25) is 4.48 Å². The number of quaternary nitrogens is 1. The van der Waals surface area contributed by atoms with Crippen molar-refractivity contribution in [3.8, 4) is 0 Å². The highest BCUT2D eigenvalue weighted by Gasteiger charge is 2.35. The zero-order chi connectivity index (χ0) is 7.71. The number of alkyl halides is 1. The first-order valence-electron chi connectivity index (χ1n) is 3.04. The first-order chi connectivity index (χ1) is 3.81. The minimum atomic E-state index is -0.613. The third kappa shape index (κ3) is 2.39. The Balaban J connectivity index is 4.14. The van der Waals surface area contributed by atoms with E-state index in [1.807, 2.05) is 28.1 Å². The Labute approximate surface area is 70.6 Å². The second-order valence-electron chi connectivity index (χ2n) is 3.08. The molecule has 0 bridgehead atoms. The molecule has 0 heterocycles. The van der Waals surface area contributed by atoms with Gasteiger partial charge in [-0.25, -0.2) is 0 Å². The highest BCUT2D eigenvalue weighted by atomic mass is 127. The average molecular weight is 244 g/mol. The van der Waals surface area contributed by atoms with E-state index in [0.717, 1.165) is 6.42 Å². The van der Waals surface area contributed by atoms with Crippen LogP contribution in [0.2, 0.25) is 0 Å². The molecule has 3 heteroatoms. The van der Waals surface area contributed by atoms with Gasteiger partial charge in [0, 0.05) is 29.0 Å². The molecule has 0 saturated carbocycles. The number of hydrogen-bond acceptors (Lipinski definition) is 1. The molecule has 2 nitrogen and oxygen atoms in total. The van der Waals surface area contributed by atoms with Crippen LogP contribution in [0, 0.1) is 0 Å². The van der Waals surface area contributed by atoms with Gasteiger partial charge in [-0.15, -0.1) is 0 Å². The summed E-state index contributed by atoms with van der Waals surface area (Å²) in [7, 11) is 5.95. The van der Waals surface area contributed by atoms with Gasteiger partial charge in [0.1, 0.15) is 0 Å². The molecular weight excluding hydrogens is 229 g/mol. The summed E-state index contributed by atoms with van der Waals surface area (Å²) in [5, 5.41) is 9.62. The van der Waals surface area contributed by atoms with Gasteiger partial charge in [-0.1, -0.05) is 6.92 Å². The van der Waals surface area contributed by atoms with Crippen LogP contribution < -0.4 is 0 Å². The maximum absolute atomic E-state index is 9.62. The van der Waals surface area contributed by atoms with Crippen LogP contribution in [0.3, 0.4) is 0 Å². The molecule has 1 unspecified atom stereocenters. The molecule has 0 aliphatic heterocycles. The van der Waals surface area contributed by atoms with Crippen molar-refractivity contribution in [3.63, 3.8) is 0 Å². The van der Waals surface area contributed by atoms with Crippen LogP contribution in [0.25, 0.3) is 0 Å². The van der Waals surface area contributed by atoms with Crippen LogP contribution in [-0.4, -0.2) is 34.5 Å². The number of halogens is 1. The van der Waals surface area contributed by atoms with Crippen LogP contribution in [0.1, 0.15) is 13.3 Å². The summed E-state index contributed by atoms with van der Waals surface area (Å²) in [6, 6.07) is 0. The predicted molar refractivity (Wildman–Crippen MR) is 47.3 cm³/mol. The van der Waals surface area contributed by atoms with Crippen molar-refractivity contribution in [2.24, 2.45) is 0 Å². The molecule has 0 aliphatic rings. The van der Waals surface area contributed by atoms with Crippen molar-refractivity contribution in [2.45, 2.75) is 17.1 Å². The molecular formula is C6H15INO+. The summed E-state index contributed by atoms with van der Waals surface area (Å²) in [6.07, 6.45) is 0.775. The topological polar surface area (TPSA) is 20.2 Å². The van der Waals surface area contributed by atoms with Gasteiger partial charge in [0.15, 0.2) is 0 Å². The molecule has 0 spiro atoms. The van der Waals surface area contributed by atoms with E-state index >= 15 is 0 Å². The molecule has 0 aromatic rings. The molecule has 9 heavy (non-hydrogen) atoms. The first kappa shape index (κ1) is 9.65. The number of rotatable bonds is 2. The molecule has 0 amide bonds. The van der Waals surface area contributed by atoms with E-state index in [4.69, 9.17) is 0 Å². The third-order valence-corrected chi connectivity index (χ3v) is 3.69. The van der Waals surface area contributed by atoms with Gasteiger partial charge in [0.05, 0.1) is 21.1 Å². The van der Waals surface area contributed by atoms with Gasteiger partial charge >= 0.3 is 0 Å². The molecule has 0 radical (unpaired) electrons. The number of nitrogens with zero attached hydrogens (tertiary/aromatic N) is 1. The van der Waals surface area contributed by atoms with Crippen LogP contribution in [-0.2, 0) is 0 Å². The summed E-state index contributed by atoms with van der Waals surface area (Å²) >= 11 is 2.07. The fourth-order valence-electron chi connectivity index (χ4n) is 0.474. The Hall–Kier alpha value is 0.650. The Morgan fingerprint density at radius 1 is 1.44 bits per heavy atom. The molecule has 0 fully saturated rings. The van der Waals surface area contributed by atoms with Crippen LogP contribution in [0.4, 0.5) is 0 Å². The zero-order valence-electron chi connectivity index (χ0n) is 6.48. The molecule has 1 atom stereocenters. The maximum Gasteiger partial charge on any atom is 0.250 e. The largest absolute Gasteiger partial charge is 0.334 e. The van der Waals surface area contributed by atoms with E-state index in [-0.39, 0.29) is 0 Å². The van der Waals surface area contributed by atoms with Crippen molar-refractivity contribution in [1.29, 1.82) is 0 Å². The van der Waals surface area contributed by atoms with Crippen molar-refractivity contribution in [1.82, 2.24) is 0 Å². The average Bonchev–Trinajstić information content (AvgIpc) is 1.64. The van der Waals surface area contributed by atoms with Crippen molar-refractivity contribution in [3.05, 3.63) is 0 Å². The second kappa shape index (κ2) is 2.72. The molecule has 1 N–H and O–H groups in total. The lowest BCUT2D eigenvalue weighted by atomic mass is 10.3.